The summed E-state index contributed by atoms with van der Waals surface area (Å²) in [6.07, 6.45) is 6.05. The van der Waals surface area contributed by atoms with Gasteiger partial charge in [-0.2, -0.15) is 0 Å². The Kier molecular flexibility index (Phi) is 1.64. The van der Waals surface area contributed by atoms with Gasteiger partial charge in [0.25, 0.3) is 0 Å². The molecule has 1 aromatic heterocycles. The number of nitrogens with zero attached hydrogens (tertiary/aromatic N) is 3. The number of aryl methyl sites for hydroxylation is 3. The lowest BCUT2D eigenvalue weighted by Crippen LogP contribution is -2.44. The predicted molar refractivity (Wildman–Crippen MR) is 41.0 cm³/mol. The van der Waals surface area contributed by atoms with Gasteiger partial charge in [-0.3, -0.25) is 0 Å². The molecule has 0 atom stereocenters. The summed E-state index contributed by atoms with van der Waals surface area (Å²) in [5.74, 6) is 0. The second kappa shape index (κ2) is 2.64. The number of hydrogen-bond donors (Lipinski definition) is 0. The smallest absolute Gasteiger partial charge is 0.135 e. The third kappa shape index (κ3) is 1.27. The Labute approximate surface area is 66.6 Å². The second-order valence-electron chi connectivity index (χ2n) is 3.19. The van der Waals surface area contributed by atoms with Crippen LogP contribution in [0.25, 0.3) is 0 Å². The molecule has 0 saturated heterocycles. The van der Waals surface area contributed by atoms with Gasteiger partial charge in [-0.25, -0.2) is 0 Å². The molecule has 1 aliphatic rings. The summed E-state index contributed by atoms with van der Waals surface area (Å²) in [5.41, 5.74) is 1.13. The van der Waals surface area contributed by atoms with E-state index in [1.165, 1.54) is 19.3 Å². The summed E-state index contributed by atoms with van der Waals surface area (Å²) in [4.78, 5) is 2.09. The van der Waals surface area contributed by atoms with E-state index in [4.69, 9.17) is 0 Å². The number of aromatic nitrogens is 3. The van der Waals surface area contributed by atoms with Gasteiger partial charge in [-0.1, -0.05) is 0 Å². The van der Waals surface area contributed by atoms with Crippen LogP contribution >= 0.6 is 0 Å². The van der Waals surface area contributed by atoms with Crippen LogP contribution in [0.4, 0.5) is 0 Å². The van der Waals surface area contributed by atoms with Crippen LogP contribution in [0.3, 0.4) is 0 Å². The van der Waals surface area contributed by atoms with E-state index >= 15 is 0 Å². The van der Waals surface area contributed by atoms with E-state index in [0.717, 1.165) is 18.8 Å². The van der Waals surface area contributed by atoms with Crippen LogP contribution in [0.15, 0.2) is 6.20 Å². The van der Waals surface area contributed by atoms with E-state index < -0.39 is 0 Å². The summed E-state index contributed by atoms with van der Waals surface area (Å²) >= 11 is 0. The maximum atomic E-state index is 4.39. The molecule has 1 aliphatic heterocycles. The lowest BCUT2D eigenvalue weighted by molar-refractivity contribution is -0.824. The zero-order valence-electron chi connectivity index (χ0n) is 6.95. The quantitative estimate of drug-likeness (QED) is 0.500. The Morgan fingerprint density at radius 1 is 1.45 bits per heavy atom. The van der Waals surface area contributed by atoms with Crippen molar-refractivity contribution in [3.63, 3.8) is 0 Å². The van der Waals surface area contributed by atoms with Gasteiger partial charge >= 0.3 is 0 Å². The van der Waals surface area contributed by atoms with Crippen molar-refractivity contribution in [1.29, 1.82) is 0 Å². The molecular formula is C8H14N3+. The SMILES string of the molecule is Cc1cn2[n+](n1)CCCCC2. The Balaban J connectivity index is 2.32. The second-order valence-corrected chi connectivity index (χ2v) is 3.19. The van der Waals surface area contributed by atoms with Crippen LogP contribution < -0.4 is 4.80 Å². The highest BCUT2D eigenvalue weighted by molar-refractivity contribution is 4.83. The van der Waals surface area contributed by atoms with Crippen LogP contribution in [0, 0.1) is 6.92 Å². The Hall–Kier alpha value is -0.860. The zero-order valence-corrected chi connectivity index (χ0v) is 6.95. The highest BCUT2D eigenvalue weighted by atomic mass is 15.5. The van der Waals surface area contributed by atoms with Crippen LogP contribution in [0.2, 0.25) is 0 Å². The molecule has 0 N–H and O–H groups in total. The minimum absolute atomic E-state index is 1.09. The maximum absolute atomic E-state index is 4.39. The minimum Gasteiger partial charge on any atom is -0.135 e. The minimum atomic E-state index is 1.09. The molecule has 0 aromatic carbocycles. The molecule has 11 heavy (non-hydrogen) atoms. The highest BCUT2D eigenvalue weighted by Crippen LogP contribution is 2.02. The van der Waals surface area contributed by atoms with Crippen molar-refractivity contribution in [3.05, 3.63) is 11.9 Å². The summed E-state index contributed by atoms with van der Waals surface area (Å²) in [5, 5.41) is 4.39. The first kappa shape index (κ1) is 6.83. The lowest BCUT2D eigenvalue weighted by atomic mass is 10.2. The molecule has 3 heteroatoms. The van der Waals surface area contributed by atoms with Gasteiger partial charge in [0.05, 0.1) is 12.7 Å². The first-order valence-electron chi connectivity index (χ1n) is 4.30. The Morgan fingerprint density at radius 3 is 3.27 bits per heavy atom. The molecular weight excluding hydrogens is 138 g/mol. The summed E-state index contributed by atoms with van der Waals surface area (Å²) in [6.45, 7) is 4.28. The number of rotatable bonds is 0. The van der Waals surface area contributed by atoms with E-state index in [-0.39, 0.29) is 0 Å². The van der Waals surface area contributed by atoms with E-state index in [1.807, 2.05) is 0 Å². The summed E-state index contributed by atoms with van der Waals surface area (Å²) in [6, 6.07) is 0. The van der Waals surface area contributed by atoms with Gasteiger partial charge in [0, 0.05) is 11.5 Å². The largest absolute Gasteiger partial charge is 0.200 e. The average Bonchev–Trinajstić information content (AvgIpc) is 2.17. The standard InChI is InChI=1S/C8H14N3/c1-8-7-10-5-3-2-4-6-11(10)9-8/h7H,2-6H2,1H3/q+1. The van der Waals surface area contributed by atoms with E-state index in [9.17, 15) is 0 Å². The van der Waals surface area contributed by atoms with Crippen molar-refractivity contribution in [1.82, 2.24) is 9.78 Å². The van der Waals surface area contributed by atoms with Gasteiger partial charge in [0.1, 0.15) is 5.69 Å². The van der Waals surface area contributed by atoms with Crippen molar-refractivity contribution >= 4 is 0 Å². The third-order valence-corrected chi connectivity index (χ3v) is 2.15. The average molecular weight is 152 g/mol. The Morgan fingerprint density at radius 2 is 2.36 bits per heavy atom. The van der Waals surface area contributed by atoms with Crippen molar-refractivity contribution in [3.8, 4) is 0 Å². The fourth-order valence-corrected chi connectivity index (χ4v) is 1.61. The molecule has 0 fully saturated rings. The maximum Gasteiger partial charge on any atom is 0.200 e. The van der Waals surface area contributed by atoms with Gasteiger partial charge < -0.3 is 0 Å². The third-order valence-electron chi connectivity index (χ3n) is 2.15. The normalized spacial score (nSPS) is 17.5. The summed E-state index contributed by atoms with van der Waals surface area (Å²) < 4.78 is 2.22. The fraction of sp³-hybridized carbons (Fsp3) is 0.750. The van der Waals surface area contributed by atoms with Gasteiger partial charge in [0.15, 0.2) is 0 Å². The van der Waals surface area contributed by atoms with Crippen LogP contribution in [-0.2, 0) is 13.1 Å². The molecule has 0 bridgehead atoms. The fourth-order valence-electron chi connectivity index (χ4n) is 1.61. The van der Waals surface area contributed by atoms with Gasteiger partial charge in [-0.05, 0) is 24.6 Å². The monoisotopic (exact) mass is 152 g/mol. The van der Waals surface area contributed by atoms with Crippen molar-refractivity contribution < 1.29 is 4.80 Å². The lowest BCUT2D eigenvalue weighted by Gasteiger charge is -1.90. The van der Waals surface area contributed by atoms with E-state index in [1.54, 1.807) is 0 Å². The predicted octanol–water partition coefficient (Wildman–Crippen LogP) is 0.663. The molecule has 0 amide bonds. The summed E-state index contributed by atoms with van der Waals surface area (Å²) in [7, 11) is 0. The molecule has 1 aromatic rings. The van der Waals surface area contributed by atoms with Crippen LogP contribution in [0.5, 0.6) is 0 Å². The molecule has 0 radical (unpaired) electrons. The van der Waals surface area contributed by atoms with Crippen LogP contribution in [0.1, 0.15) is 25.0 Å². The molecule has 2 rings (SSSR count). The molecule has 0 spiro atoms. The van der Waals surface area contributed by atoms with Gasteiger partial charge in [-0.15, -0.1) is 4.68 Å². The van der Waals surface area contributed by atoms with Crippen molar-refractivity contribution in [2.75, 3.05) is 0 Å². The topological polar surface area (TPSA) is 21.7 Å². The van der Waals surface area contributed by atoms with Crippen LogP contribution in [-0.4, -0.2) is 9.78 Å². The molecule has 3 nitrogen and oxygen atoms in total. The first-order chi connectivity index (χ1) is 5.36. The van der Waals surface area contributed by atoms with E-state index in [0.29, 0.717) is 0 Å². The Bertz CT molecular complexity index is 228. The number of fused-ring (bicyclic) bond motifs is 1. The molecule has 0 saturated carbocycles. The highest BCUT2D eigenvalue weighted by Gasteiger charge is 2.15. The molecule has 2 heterocycles. The van der Waals surface area contributed by atoms with E-state index in [2.05, 4.69) is 27.7 Å². The van der Waals surface area contributed by atoms with Gasteiger partial charge in [0.2, 0.25) is 6.54 Å². The first-order valence-corrected chi connectivity index (χ1v) is 4.30. The molecule has 60 valence electrons. The molecule has 0 unspecified atom stereocenters. The zero-order chi connectivity index (χ0) is 7.68. The molecule has 0 aliphatic carbocycles. The van der Waals surface area contributed by atoms with Crippen molar-refractivity contribution in [2.45, 2.75) is 39.3 Å². The van der Waals surface area contributed by atoms with Crippen molar-refractivity contribution in [2.24, 2.45) is 0 Å². The number of hydrogen-bond acceptors (Lipinski definition) is 1.